The fourth-order valence-corrected chi connectivity index (χ4v) is 2.05. The maximum absolute atomic E-state index is 10.7. The van der Waals surface area contributed by atoms with E-state index in [1.807, 2.05) is 20.8 Å². The van der Waals surface area contributed by atoms with Crippen LogP contribution in [0, 0.1) is 0 Å². The fourth-order valence-electron chi connectivity index (χ4n) is 1.57. The van der Waals surface area contributed by atoms with Gasteiger partial charge in [0, 0.05) is 6.92 Å². The highest BCUT2D eigenvalue weighted by atomic mass is 32.2. The molecule has 0 heterocycles. The molecule has 3 unspecified atom stereocenters. The largest absolute Gasteiger partial charge is 0.463 e. The summed E-state index contributed by atoms with van der Waals surface area (Å²) in [7, 11) is -4.05. The Morgan fingerprint density at radius 2 is 1.43 bits per heavy atom. The zero-order chi connectivity index (χ0) is 21.6. The number of benzene rings is 1. The number of carbonyl (C=O) groups excluding carboxylic acids is 1. The Kier molecular flexibility index (Phi) is 18.4. The van der Waals surface area contributed by atoms with E-state index in [-0.39, 0.29) is 30.5 Å². The first-order valence-corrected chi connectivity index (χ1v) is 10.8. The first-order valence-electron chi connectivity index (χ1n) is 9.31. The molecule has 0 aliphatic rings. The summed E-state index contributed by atoms with van der Waals surface area (Å²) in [6, 6.07) is 6.32. The van der Waals surface area contributed by atoms with E-state index in [4.69, 9.17) is 14.4 Å². The minimum absolute atomic E-state index is 0. The van der Waals surface area contributed by atoms with Crippen molar-refractivity contribution in [3.05, 3.63) is 29.8 Å². The Hall–Kier alpha value is -1.44. The van der Waals surface area contributed by atoms with Gasteiger partial charge in [-0.25, -0.2) is 0 Å². The number of rotatable bonds is 6. The van der Waals surface area contributed by atoms with Crippen LogP contribution in [-0.2, 0) is 19.6 Å². The van der Waals surface area contributed by atoms with Gasteiger partial charge in [-0.2, -0.15) is 8.42 Å². The van der Waals surface area contributed by atoms with E-state index >= 15 is 0 Å². The van der Waals surface area contributed by atoms with Crippen LogP contribution in [0.4, 0.5) is 0 Å². The second kappa shape index (κ2) is 16.5. The van der Waals surface area contributed by atoms with Gasteiger partial charge in [-0.15, -0.1) is 0 Å². The van der Waals surface area contributed by atoms with Gasteiger partial charge in [0.2, 0.25) is 0 Å². The van der Waals surface area contributed by atoms with Crippen molar-refractivity contribution in [1.29, 1.82) is 0 Å². The third-order valence-electron chi connectivity index (χ3n) is 3.89. The molecule has 1 aromatic rings. The molecule has 166 valence electrons. The van der Waals surface area contributed by atoms with Crippen LogP contribution in [0.1, 0.15) is 86.6 Å². The number of esters is 1. The van der Waals surface area contributed by atoms with E-state index in [0.29, 0.717) is 5.92 Å². The van der Waals surface area contributed by atoms with E-state index in [2.05, 4.69) is 13.8 Å². The van der Waals surface area contributed by atoms with Crippen LogP contribution < -0.4 is 0 Å². The van der Waals surface area contributed by atoms with Gasteiger partial charge in [-0.05, 0) is 56.7 Å². The molecule has 0 spiro atoms. The summed E-state index contributed by atoms with van der Waals surface area (Å²) >= 11 is 0. The number of ether oxygens (including phenoxy) is 1. The van der Waals surface area contributed by atoms with Crippen molar-refractivity contribution in [2.75, 3.05) is 0 Å². The highest BCUT2D eigenvalue weighted by molar-refractivity contribution is 7.85. The quantitative estimate of drug-likeness (QED) is 0.484. The van der Waals surface area contributed by atoms with Crippen LogP contribution in [-0.4, -0.2) is 36.3 Å². The molecule has 0 fully saturated rings. The maximum Gasteiger partial charge on any atom is 0.302 e. The summed E-state index contributed by atoms with van der Waals surface area (Å²) in [5.41, 5.74) is 1.08. The molecule has 0 aromatic heterocycles. The van der Waals surface area contributed by atoms with Crippen molar-refractivity contribution >= 4 is 16.1 Å². The first kappa shape index (κ1) is 31.3. The lowest BCUT2D eigenvalue weighted by Gasteiger charge is -2.08. The van der Waals surface area contributed by atoms with Gasteiger partial charge in [0.1, 0.15) is 0 Å². The normalized spacial score (nSPS) is 13.3. The van der Waals surface area contributed by atoms with E-state index in [1.165, 1.54) is 19.1 Å². The van der Waals surface area contributed by atoms with Gasteiger partial charge in [0.25, 0.3) is 10.1 Å². The molecule has 7 heteroatoms. The van der Waals surface area contributed by atoms with Gasteiger partial charge in [-0.3, -0.25) is 9.35 Å². The average molecular weight is 421 g/mol. The molecular formula is C21H40O6S. The Morgan fingerprint density at radius 1 is 1.00 bits per heavy atom. The Labute approximate surface area is 172 Å². The van der Waals surface area contributed by atoms with Crippen molar-refractivity contribution < 1.29 is 27.6 Å². The molecule has 3 atom stereocenters. The summed E-state index contributed by atoms with van der Waals surface area (Å²) in [6.07, 6.45) is 2.72. The Balaban J connectivity index is -0.000000381. The van der Waals surface area contributed by atoms with E-state index in [0.717, 1.165) is 24.8 Å². The number of aliphatic hydroxyl groups excluding tert-OH is 1. The summed E-state index contributed by atoms with van der Waals surface area (Å²) < 4.78 is 35.0. The molecule has 0 aliphatic heterocycles. The van der Waals surface area contributed by atoms with Gasteiger partial charge in [-0.1, -0.05) is 47.3 Å². The highest BCUT2D eigenvalue weighted by Crippen LogP contribution is 2.20. The number of hydrogen-bond donors (Lipinski definition) is 2. The average Bonchev–Trinajstić information content (AvgIpc) is 2.60. The topological polar surface area (TPSA) is 101 Å². The number of aliphatic hydroxyl groups is 1. The lowest BCUT2D eigenvalue weighted by Crippen LogP contribution is -2.09. The third kappa shape index (κ3) is 16.7. The van der Waals surface area contributed by atoms with Gasteiger partial charge in [0.05, 0.1) is 17.1 Å². The Morgan fingerprint density at radius 3 is 1.64 bits per heavy atom. The zero-order valence-electron chi connectivity index (χ0n) is 17.6. The molecule has 0 radical (unpaired) electrons. The molecular weight excluding hydrogens is 380 g/mol. The molecule has 1 rings (SSSR count). The standard InChI is InChI=1S/C10H14O3S.C6H12O2.C4H10O.CH4/c1-3-8(2)9-4-6-10(7-5-9)14(11,12)13;1-4-5(2)8-6(3)7;1-3-4(2)5;/h4-8H,3H2,1-2H3,(H,11,12,13);5H,4H2,1-3H3;4-5H,3H2,1-2H3;1H4. The summed E-state index contributed by atoms with van der Waals surface area (Å²) in [5, 5.41) is 8.36. The second-order valence-corrected chi connectivity index (χ2v) is 7.86. The molecule has 0 amide bonds. The predicted molar refractivity (Wildman–Crippen MR) is 115 cm³/mol. The molecule has 1 aromatic carbocycles. The van der Waals surface area contributed by atoms with Crippen molar-refractivity contribution in [2.24, 2.45) is 0 Å². The SMILES string of the molecule is C.CCC(C)O.CCC(C)OC(C)=O.CCC(C)c1ccc(S(=O)(=O)O)cc1. The Bertz CT molecular complexity index is 608. The third-order valence-corrected chi connectivity index (χ3v) is 4.76. The molecule has 28 heavy (non-hydrogen) atoms. The van der Waals surface area contributed by atoms with Gasteiger partial charge < -0.3 is 9.84 Å². The molecule has 6 nitrogen and oxygen atoms in total. The monoisotopic (exact) mass is 420 g/mol. The number of hydrogen-bond acceptors (Lipinski definition) is 5. The van der Waals surface area contributed by atoms with Crippen molar-refractivity contribution in [3.63, 3.8) is 0 Å². The minimum atomic E-state index is -4.05. The second-order valence-electron chi connectivity index (χ2n) is 6.44. The van der Waals surface area contributed by atoms with Crippen molar-refractivity contribution in [2.45, 2.75) is 98.2 Å². The van der Waals surface area contributed by atoms with Crippen molar-refractivity contribution in [1.82, 2.24) is 0 Å². The van der Waals surface area contributed by atoms with Crippen LogP contribution in [0.5, 0.6) is 0 Å². The smallest absolute Gasteiger partial charge is 0.302 e. The van der Waals surface area contributed by atoms with E-state index in [1.54, 1.807) is 19.1 Å². The van der Waals surface area contributed by atoms with Crippen LogP contribution in [0.15, 0.2) is 29.2 Å². The first-order chi connectivity index (χ1) is 12.4. The summed E-state index contributed by atoms with van der Waals surface area (Å²) in [5.74, 6) is 0.213. The summed E-state index contributed by atoms with van der Waals surface area (Å²) in [4.78, 5) is 10.1. The fraction of sp³-hybridized carbons (Fsp3) is 0.667. The van der Waals surface area contributed by atoms with Crippen LogP contribution in [0.25, 0.3) is 0 Å². The van der Waals surface area contributed by atoms with Gasteiger partial charge >= 0.3 is 5.97 Å². The molecule has 0 saturated carbocycles. The maximum atomic E-state index is 10.7. The zero-order valence-corrected chi connectivity index (χ0v) is 18.4. The lowest BCUT2D eigenvalue weighted by molar-refractivity contribution is -0.145. The van der Waals surface area contributed by atoms with Crippen molar-refractivity contribution in [3.8, 4) is 0 Å². The predicted octanol–water partition coefficient (Wildman–Crippen LogP) is 5.21. The molecule has 2 N–H and O–H groups in total. The lowest BCUT2D eigenvalue weighted by atomic mass is 9.99. The van der Waals surface area contributed by atoms with Crippen LogP contribution in [0.2, 0.25) is 0 Å². The molecule has 0 saturated heterocycles. The highest BCUT2D eigenvalue weighted by Gasteiger charge is 2.09. The van der Waals surface area contributed by atoms with Crippen LogP contribution in [0.3, 0.4) is 0 Å². The van der Waals surface area contributed by atoms with Crippen LogP contribution >= 0.6 is 0 Å². The van der Waals surface area contributed by atoms with E-state index < -0.39 is 10.1 Å². The van der Waals surface area contributed by atoms with Gasteiger partial charge in [0.15, 0.2) is 0 Å². The summed E-state index contributed by atoms with van der Waals surface area (Å²) in [6.45, 7) is 13.1. The number of carbonyl (C=O) groups is 1. The minimum Gasteiger partial charge on any atom is -0.463 e. The van der Waals surface area contributed by atoms with E-state index in [9.17, 15) is 13.2 Å². The molecule has 0 aliphatic carbocycles. The molecule has 0 bridgehead atoms.